The summed E-state index contributed by atoms with van der Waals surface area (Å²) < 4.78 is 5.21. The third kappa shape index (κ3) is 8.92. The van der Waals surface area contributed by atoms with Crippen LogP contribution in [0.3, 0.4) is 0 Å². The molecule has 0 fully saturated rings. The van der Waals surface area contributed by atoms with Gasteiger partial charge in [0.05, 0.1) is 0 Å². The molecular weight excluding hydrogens is 218 g/mol. The lowest BCUT2D eigenvalue weighted by Crippen LogP contribution is -2.28. The quantitative estimate of drug-likeness (QED) is 0.486. The molecule has 3 nitrogen and oxygen atoms in total. The largest absolute Gasteiger partial charge is 0.464 e. The third-order valence-electron chi connectivity index (χ3n) is 2.64. The average molecular weight is 245 g/mol. The van der Waals surface area contributed by atoms with Crippen LogP contribution in [0.15, 0.2) is 0 Å². The number of hydrogen-bond donors (Lipinski definition) is 0. The Morgan fingerprint density at radius 3 is 2.19 bits per heavy atom. The van der Waals surface area contributed by atoms with E-state index in [2.05, 4.69) is 38.4 Å². The van der Waals surface area contributed by atoms with Crippen molar-refractivity contribution in [2.45, 2.75) is 46.0 Å². The molecule has 0 amide bonds. The first-order valence-electron chi connectivity index (χ1n) is 6.27. The van der Waals surface area contributed by atoms with Crippen molar-refractivity contribution in [1.82, 2.24) is 4.90 Å². The maximum Gasteiger partial charge on any atom is 0.305 e. The second-order valence-electron chi connectivity index (χ2n) is 5.31. The Morgan fingerprint density at radius 2 is 1.75 bits per heavy atom. The number of ether oxygens (including phenoxy) is 1. The Hall–Kier alpha value is -0.353. The highest BCUT2D eigenvalue weighted by molar-refractivity contribution is 6.76. The molecule has 96 valence electrons. The summed E-state index contributed by atoms with van der Waals surface area (Å²) in [5.74, 6) is -0.0328. The number of esters is 1. The average Bonchev–Trinajstić information content (AvgIpc) is 2.20. The van der Waals surface area contributed by atoms with E-state index in [4.69, 9.17) is 4.74 Å². The molecule has 0 heterocycles. The van der Waals surface area contributed by atoms with Crippen molar-refractivity contribution in [1.29, 1.82) is 0 Å². The lowest BCUT2D eigenvalue weighted by Gasteiger charge is -2.18. The molecule has 0 spiro atoms. The Kier molecular flexibility index (Phi) is 7.67. The molecule has 0 N–H and O–H groups in total. The van der Waals surface area contributed by atoms with Gasteiger partial charge < -0.3 is 9.64 Å². The summed E-state index contributed by atoms with van der Waals surface area (Å²) in [7, 11) is -1.11. The van der Waals surface area contributed by atoms with E-state index in [1.165, 1.54) is 0 Å². The van der Waals surface area contributed by atoms with Crippen LogP contribution in [0, 0.1) is 0 Å². The normalized spacial score (nSPS) is 11.9. The Labute approximate surface area is 101 Å². The van der Waals surface area contributed by atoms with Crippen LogP contribution in [0.1, 0.15) is 20.3 Å². The van der Waals surface area contributed by atoms with Gasteiger partial charge in [-0.1, -0.05) is 33.5 Å². The zero-order valence-corrected chi connectivity index (χ0v) is 12.5. The number of hydrogen-bond acceptors (Lipinski definition) is 3. The van der Waals surface area contributed by atoms with Crippen molar-refractivity contribution in [2.24, 2.45) is 0 Å². The first-order chi connectivity index (χ1) is 7.39. The van der Waals surface area contributed by atoms with Crippen molar-refractivity contribution >= 4 is 14.0 Å². The number of carbonyl (C=O) groups excluding carboxylic acids is 1. The molecule has 16 heavy (non-hydrogen) atoms. The predicted molar refractivity (Wildman–Crippen MR) is 71.5 cm³/mol. The fraction of sp³-hybridized carbons (Fsp3) is 0.917. The lowest BCUT2D eigenvalue weighted by atomic mass is 10.5. The van der Waals surface area contributed by atoms with Gasteiger partial charge in [0.1, 0.15) is 6.61 Å². The van der Waals surface area contributed by atoms with E-state index in [-0.39, 0.29) is 5.97 Å². The van der Waals surface area contributed by atoms with Crippen LogP contribution in [0.5, 0.6) is 0 Å². The standard InChI is InChI=1S/C12H27NO2Si/c1-6-13(7-2)9-10-15-12(14)8-11-16(3,4)5/h6-11H2,1-5H3. The van der Waals surface area contributed by atoms with Crippen LogP contribution in [0.25, 0.3) is 0 Å². The maximum absolute atomic E-state index is 11.4. The summed E-state index contributed by atoms with van der Waals surface area (Å²) in [5, 5.41) is 0. The summed E-state index contributed by atoms with van der Waals surface area (Å²) in [5.41, 5.74) is 0. The highest BCUT2D eigenvalue weighted by atomic mass is 28.3. The Bertz CT molecular complexity index is 198. The Morgan fingerprint density at radius 1 is 1.19 bits per heavy atom. The van der Waals surface area contributed by atoms with E-state index in [0.717, 1.165) is 25.7 Å². The monoisotopic (exact) mass is 245 g/mol. The second-order valence-corrected chi connectivity index (χ2v) is 10.9. The summed E-state index contributed by atoms with van der Waals surface area (Å²) in [6.07, 6.45) is 0.591. The molecule has 0 saturated heterocycles. The van der Waals surface area contributed by atoms with Gasteiger partial charge in [0, 0.05) is 21.0 Å². The highest BCUT2D eigenvalue weighted by Gasteiger charge is 2.15. The molecule has 0 aromatic rings. The van der Waals surface area contributed by atoms with E-state index in [0.29, 0.717) is 13.0 Å². The number of rotatable bonds is 8. The van der Waals surface area contributed by atoms with Gasteiger partial charge in [-0.15, -0.1) is 0 Å². The number of nitrogens with zero attached hydrogens (tertiary/aromatic N) is 1. The smallest absolute Gasteiger partial charge is 0.305 e. The van der Waals surface area contributed by atoms with Crippen molar-refractivity contribution in [3.63, 3.8) is 0 Å². The van der Waals surface area contributed by atoms with E-state index in [9.17, 15) is 4.79 Å². The topological polar surface area (TPSA) is 29.5 Å². The van der Waals surface area contributed by atoms with Crippen LogP contribution < -0.4 is 0 Å². The number of carbonyl (C=O) groups is 1. The van der Waals surface area contributed by atoms with Gasteiger partial charge in [0.2, 0.25) is 0 Å². The zero-order chi connectivity index (χ0) is 12.6. The van der Waals surface area contributed by atoms with Crippen molar-refractivity contribution in [3.8, 4) is 0 Å². The minimum Gasteiger partial charge on any atom is -0.464 e. The van der Waals surface area contributed by atoms with Gasteiger partial charge in [-0.3, -0.25) is 4.79 Å². The van der Waals surface area contributed by atoms with Gasteiger partial charge in [0.15, 0.2) is 0 Å². The van der Waals surface area contributed by atoms with Gasteiger partial charge in [-0.05, 0) is 19.1 Å². The van der Waals surface area contributed by atoms with Crippen LogP contribution in [0.4, 0.5) is 0 Å². The first kappa shape index (κ1) is 15.6. The van der Waals surface area contributed by atoms with Crippen LogP contribution >= 0.6 is 0 Å². The second kappa shape index (κ2) is 7.85. The SMILES string of the molecule is CCN(CC)CCOC(=O)CC[Si](C)(C)C. The fourth-order valence-electron chi connectivity index (χ4n) is 1.38. The Balaban J connectivity index is 3.58. The van der Waals surface area contributed by atoms with Crippen LogP contribution in [-0.4, -0.2) is 45.2 Å². The van der Waals surface area contributed by atoms with E-state index in [1.54, 1.807) is 0 Å². The molecular formula is C12H27NO2Si. The molecule has 0 rings (SSSR count). The molecule has 0 aromatic carbocycles. The van der Waals surface area contributed by atoms with Crippen molar-refractivity contribution in [3.05, 3.63) is 0 Å². The molecule has 0 atom stereocenters. The van der Waals surface area contributed by atoms with Crippen molar-refractivity contribution < 1.29 is 9.53 Å². The van der Waals surface area contributed by atoms with Gasteiger partial charge in [-0.2, -0.15) is 0 Å². The van der Waals surface area contributed by atoms with Gasteiger partial charge >= 0.3 is 5.97 Å². The molecule has 4 heteroatoms. The molecule has 0 saturated carbocycles. The third-order valence-corrected chi connectivity index (χ3v) is 4.39. The summed E-state index contributed by atoms with van der Waals surface area (Å²) in [4.78, 5) is 13.7. The number of likely N-dealkylation sites (N-methyl/N-ethyl adjacent to an activating group) is 1. The summed E-state index contributed by atoms with van der Waals surface area (Å²) in [6, 6.07) is 1.02. The molecule has 0 bridgehead atoms. The summed E-state index contributed by atoms with van der Waals surface area (Å²) in [6.45, 7) is 14.5. The lowest BCUT2D eigenvalue weighted by molar-refractivity contribution is -0.143. The van der Waals surface area contributed by atoms with E-state index >= 15 is 0 Å². The fourth-order valence-corrected chi connectivity index (χ4v) is 2.33. The molecule has 0 aromatic heterocycles. The first-order valence-corrected chi connectivity index (χ1v) is 9.97. The predicted octanol–water partition coefficient (Wildman–Crippen LogP) is 2.60. The molecule has 0 aliphatic heterocycles. The maximum atomic E-state index is 11.4. The van der Waals surface area contributed by atoms with Gasteiger partial charge in [-0.25, -0.2) is 0 Å². The van der Waals surface area contributed by atoms with Crippen molar-refractivity contribution in [2.75, 3.05) is 26.2 Å². The van der Waals surface area contributed by atoms with E-state index < -0.39 is 8.07 Å². The molecule has 0 unspecified atom stereocenters. The molecule has 0 radical (unpaired) electrons. The van der Waals surface area contributed by atoms with Gasteiger partial charge in [0.25, 0.3) is 0 Å². The summed E-state index contributed by atoms with van der Waals surface area (Å²) >= 11 is 0. The highest BCUT2D eigenvalue weighted by Crippen LogP contribution is 2.11. The zero-order valence-electron chi connectivity index (χ0n) is 11.5. The molecule has 0 aliphatic carbocycles. The van der Waals surface area contributed by atoms with Crippen LogP contribution in [-0.2, 0) is 9.53 Å². The van der Waals surface area contributed by atoms with E-state index in [1.807, 2.05) is 0 Å². The van der Waals surface area contributed by atoms with Crippen LogP contribution in [0.2, 0.25) is 25.7 Å². The molecule has 0 aliphatic rings. The minimum absolute atomic E-state index is 0.0328. The minimum atomic E-state index is -1.11.